The number of carbonyl (C=O) groups is 2. The monoisotopic (exact) mass is 286 g/mol. The zero-order chi connectivity index (χ0) is 14.9. The molecule has 2 amide bonds. The average Bonchev–Trinajstić information content (AvgIpc) is 2.54. The van der Waals surface area contributed by atoms with Crippen molar-refractivity contribution in [3.63, 3.8) is 0 Å². The molecule has 2 aliphatic rings. The van der Waals surface area contributed by atoms with Crippen LogP contribution in [-0.4, -0.2) is 36.9 Å². The van der Waals surface area contributed by atoms with Crippen molar-refractivity contribution >= 4 is 11.8 Å². The van der Waals surface area contributed by atoms with E-state index in [0.717, 1.165) is 36.8 Å². The molecule has 0 radical (unpaired) electrons. The van der Waals surface area contributed by atoms with Crippen LogP contribution in [0, 0.1) is 0 Å². The highest BCUT2D eigenvalue weighted by atomic mass is 16.2. The number of likely N-dealkylation sites (N-methyl/N-ethyl adjacent to an activating group) is 1. The number of amides is 2. The van der Waals surface area contributed by atoms with Crippen LogP contribution in [0.3, 0.4) is 0 Å². The van der Waals surface area contributed by atoms with E-state index in [1.807, 2.05) is 31.3 Å². The lowest BCUT2D eigenvalue weighted by Gasteiger charge is -2.44. The fraction of sp³-hybridized carbons (Fsp3) is 0.529. The molecule has 4 heteroatoms. The third kappa shape index (κ3) is 2.18. The lowest BCUT2D eigenvalue weighted by atomic mass is 9.65. The summed E-state index contributed by atoms with van der Waals surface area (Å²) in [6.07, 6.45) is 5.04. The molecule has 112 valence electrons. The lowest BCUT2D eigenvalue weighted by Crippen LogP contribution is -2.56. The van der Waals surface area contributed by atoms with E-state index in [2.05, 4.69) is 5.32 Å². The minimum Gasteiger partial charge on any atom is -0.318 e. The van der Waals surface area contributed by atoms with Crippen LogP contribution < -0.4 is 5.32 Å². The molecule has 1 aromatic rings. The van der Waals surface area contributed by atoms with E-state index in [1.165, 1.54) is 11.3 Å². The van der Waals surface area contributed by atoms with Gasteiger partial charge < -0.3 is 5.32 Å². The Labute approximate surface area is 125 Å². The second-order valence-corrected chi connectivity index (χ2v) is 6.05. The summed E-state index contributed by atoms with van der Waals surface area (Å²) in [4.78, 5) is 27.2. The SMILES string of the molecule is CNCCN1C(=O)c2ccccc2C2(CCCCC2)C1=O. The largest absolute Gasteiger partial charge is 0.318 e. The molecule has 1 spiro atoms. The van der Waals surface area contributed by atoms with Crippen LogP contribution >= 0.6 is 0 Å². The van der Waals surface area contributed by atoms with Gasteiger partial charge in [-0.05, 0) is 31.5 Å². The molecule has 1 fully saturated rings. The normalized spacial score (nSPS) is 20.7. The number of carbonyl (C=O) groups excluding carboxylic acids is 2. The molecule has 1 aliphatic heterocycles. The fourth-order valence-corrected chi connectivity index (χ4v) is 3.76. The number of hydrogen-bond donors (Lipinski definition) is 1. The van der Waals surface area contributed by atoms with Crippen LogP contribution in [0.5, 0.6) is 0 Å². The molecule has 1 aliphatic carbocycles. The summed E-state index contributed by atoms with van der Waals surface area (Å²) in [7, 11) is 1.84. The van der Waals surface area contributed by atoms with Gasteiger partial charge in [0.2, 0.25) is 5.91 Å². The molecule has 1 heterocycles. The standard InChI is InChI=1S/C17H22N2O2/c1-18-11-12-19-15(20)13-7-3-4-8-14(13)17(16(19)21)9-5-2-6-10-17/h3-4,7-8,18H,2,5-6,9-12H2,1H3. The zero-order valence-electron chi connectivity index (χ0n) is 12.5. The minimum atomic E-state index is -0.462. The number of rotatable bonds is 3. The van der Waals surface area contributed by atoms with E-state index in [1.54, 1.807) is 0 Å². The first kappa shape index (κ1) is 14.3. The van der Waals surface area contributed by atoms with E-state index < -0.39 is 5.41 Å². The highest BCUT2D eigenvalue weighted by Crippen LogP contribution is 2.45. The van der Waals surface area contributed by atoms with Crippen molar-refractivity contribution < 1.29 is 9.59 Å². The molecule has 0 unspecified atom stereocenters. The van der Waals surface area contributed by atoms with Gasteiger partial charge in [0.05, 0.1) is 5.41 Å². The molecule has 3 rings (SSSR count). The Hall–Kier alpha value is -1.68. The summed E-state index contributed by atoms with van der Waals surface area (Å²) >= 11 is 0. The second kappa shape index (κ2) is 5.60. The topological polar surface area (TPSA) is 49.4 Å². The smallest absolute Gasteiger partial charge is 0.260 e. The quantitative estimate of drug-likeness (QED) is 0.866. The summed E-state index contributed by atoms with van der Waals surface area (Å²) < 4.78 is 0. The highest BCUT2D eigenvalue weighted by molar-refractivity contribution is 6.13. The maximum atomic E-state index is 13.1. The molecule has 1 N–H and O–H groups in total. The molecule has 0 aromatic heterocycles. The average molecular weight is 286 g/mol. The third-order valence-electron chi connectivity index (χ3n) is 4.87. The van der Waals surface area contributed by atoms with Crippen molar-refractivity contribution in [1.29, 1.82) is 0 Å². The Morgan fingerprint density at radius 2 is 1.86 bits per heavy atom. The van der Waals surface area contributed by atoms with E-state index in [0.29, 0.717) is 13.1 Å². The molecular weight excluding hydrogens is 264 g/mol. The van der Waals surface area contributed by atoms with Crippen molar-refractivity contribution in [3.8, 4) is 0 Å². The van der Waals surface area contributed by atoms with Gasteiger partial charge in [-0.25, -0.2) is 0 Å². The Kier molecular flexibility index (Phi) is 3.81. The number of imide groups is 1. The second-order valence-electron chi connectivity index (χ2n) is 6.05. The summed E-state index contributed by atoms with van der Waals surface area (Å²) in [6.45, 7) is 1.08. The maximum absolute atomic E-state index is 13.1. The number of nitrogens with zero attached hydrogens (tertiary/aromatic N) is 1. The Bertz CT molecular complexity index is 562. The number of nitrogens with one attached hydrogen (secondary N) is 1. The Morgan fingerprint density at radius 1 is 1.14 bits per heavy atom. The van der Waals surface area contributed by atoms with Crippen molar-refractivity contribution in [3.05, 3.63) is 35.4 Å². The van der Waals surface area contributed by atoms with Crippen LogP contribution in [0.25, 0.3) is 0 Å². The molecule has 4 nitrogen and oxygen atoms in total. The highest BCUT2D eigenvalue weighted by Gasteiger charge is 2.50. The van der Waals surface area contributed by atoms with E-state index in [-0.39, 0.29) is 11.8 Å². The Morgan fingerprint density at radius 3 is 2.57 bits per heavy atom. The van der Waals surface area contributed by atoms with Crippen molar-refractivity contribution in [2.45, 2.75) is 37.5 Å². The molecule has 0 bridgehead atoms. The fourth-order valence-electron chi connectivity index (χ4n) is 3.76. The first-order valence-corrected chi connectivity index (χ1v) is 7.81. The predicted octanol–water partition coefficient (Wildman–Crippen LogP) is 2.09. The third-order valence-corrected chi connectivity index (χ3v) is 4.87. The first-order chi connectivity index (χ1) is 10.2. The van der Waals surface area contributed by atoms with Crippen LogP contribution in [0.2, 0.25) is 0 Å². The van der Waals surface area contributed by atoms with Gasteiger partial charge in [0.15, 0.2) is 0 Å². The van der Waals surface area contributed by atoms with Crippen molar-refractivity contribution in [2.75, 3.05) is 20.1 Å². The summed E-state index contributed by atoms with van der Waals surface area (Å²) in [6, 6.07) is 7.68. The van der Waals surface area contributed by atoms with E-state index in [4.69, 9.17) is 0 Å². The van der Waals surface area contributed by atoms with Gasteiger partial charge >= 0.3 is 0 Å². The van der Waals surface area contributed by atoms with Gasteiger partial charge in [-0.1, -0.05) is 37.5 Å². The van der Waals surface area contributed by atoms with Gasteiger partial charge in [0, 0.05) is 18.7 Å². The molecule has 0 atom stereocenters. The van der Waals surface area contributed by atoms with Crippen LogP contribution in [0.4, 0.5) is 0 Å². The Balaban J connectivity index is 2.08. The minimum absolute atomic E-state index is 0.0150. The molecule has 1 saturated carbocycles. The molecule has 21 heavy (non-hydrogen) atoms. The van der Waals surface area contributed by atoms with Gasteiger partial charge in [-0.15, -0.1) is 0 Å². The molecule has 1 aromatic carbocycles. The molecule has 0 saturated heterocycles. The first-order valence-electron chi connectivity index (χ1n) is 7.81. The van der Waals surface area contributed by atoms with Crippen LogP contribution in [-0.2, 0) is 10.2 Å². The van der Waals surface area contributed by atoms with Crippen LogP contribution in [0.1, 0.15) is 48.0 Å². The molecular formula is C17H22N2O2. The summed E-state index contributed by atoms with van der Waals surface area (Å²) in [5.74, 6) is -0.122. The lowest BCUT2D eigenvalue weighted by molar-refractivity contribution is -0.136. The zero-order valence-corrected chi connectivity index (χ0v) is 12.5. The van der Waals surface area contributed by atoms with Gasteiger partial charge in [-0.2, -0.15) is 0 Å². The van der Waals surface area contributed by atoms with Gasteiger partial charge in [0.25, 0.3) is 5.91 Å². The van der Waals surface area contributed by atoms with E-state index in [9.17, 15) is 9.59 Å². The summed E-state index contributed by atoms with van der Waals surface area (Å²) in [5.41, 5.74) is 1.21. The number of benzene rings is 1. The van der Waals surface area contributed by atoms with Gasteiger partial charge in [-0.3, -0.25) is 14.5 Å². The number of fused-ring (bicyclic) bond motifs is 2. The predicted molar refractivity (Wildman–Crippen MR) is 81.2 cm³/mol. The van der Waals surface area contributed by atoms with Gasteiger partial charge in [0.1, 0.15) is 0 Å². The van der Waals surface area contributed by atoms with Crippen molar-refractivity contribution in [1.82, 2.24) is 10.2 Å². The van der Waals surface area contributed by atoms with Crippen molar-refractivity contribution in [2.24, 2.45) is 0 Å². The summed E-state index contributed by atoms with van der Waals surface area (Å²) in [5, 5.41) is 3.03. The maximum Gasteiger partial charge on any atom is 0.260 e. The van der Waals surface area contributed by atoms with Crippen LogP contribution in [0.15, 0.2) is 24.3 Å². The number of hydrogen-bond acceptors (Lipinski definition) is 3. The van der Waals surface area contributed by atoms with E-state index >= 15 is 0 Å².